The molecule has 1 aliphatic rings. The monoisotopic (exact) mass is 345 g/mol. The molecule has 1 unspecified atom stereocenters. The molecule has 1 aromatic carbocycles. The predicted octanol–water partition coefficient (Wildman–Crippen LogP) is 3.78. The topological polar surface area (TPSA) is 46.8 Å². The Hall–Kier alpha value is -1.82. The maximum atomic E-state index is 13.5. The quantitative estimate of drug-likeness (QED) is 0.827. The molecular weight excluding hydrogens is 317 g/mol. The minimum absolute atomic E-state index is 0.0473. The number of likely N-dealkylation sites (tertiary alicyclic amines) is 1. The van der Waals surface area contributed by atoms with Gasteiger partial charge in [0.2, 0.25) is 0 Å². The first-order valence-electron chi connectivity index (χ1n) is 9.20. The second kappa shape index (κ2) is 7.20. The molecule has 0 spiro atoms. The van der Waals surface area contributed by atoms with Gasteiger partial charge in [0.05, 0.1) is 11.6 Å². The Morgan fingerprint density at radius 1 is 1.20 bits per heavy atom. The lowest BCUT2D eigenvalue weighted by Gasteiger charge is -2.37. The summed E-state index contributed by atoms with van der Waals surface area (Å²) in [6.07, 6.45) is 3.26. The van der Waals surface area contributed by atoms with Gasteiger partial charge in [-0.1, -0.05) is 26.0 Å². The molecule has 6 heteroatoms. The number of piperidine rings is 1. The van der Waals surface area contributed by atoms with Crippen molar-refractivity contribution in [2.75, 3.05) is 13.1 Å². The first-order chi connectivity index (χ1) is 11.9. The van der Waals surface area contributed by atoms with Gasteiger partial charge >= 0.3 is 0 Å². The number of halogens is 1. The highest BCUT2D eigenvalue weighted by Crippen LogP contribution is 2.33. The average Bonchev–Trinajstić information content (AvgIpc) is 3.09. The van der Waals surface area contributed by atoms with Crippen LogP contribution in [-0.2, 0) is 5.54 Å². The van der Waals surface area contributed by atoms with Crippen LogP contribution in [0.5, 0.6) is 0 Å². The number of tetrazole rings is 1. The third kappa shape index (κ3) is 3.73. The molecule has 1 fully saturated rings. The lowest BCUT2D eigenvalue weighted by atomic mass is 9.94. The molecule has 0 bridgehead atoms. The van der Waals surface area contributed by atoms with Crippen molar-refractivity contribution < 1.29 is 4.39 Å². The molecule has 0 amide bonds. The highest BCUT2D eigenvalue weighted by atomic mass is 19.1. The molecule has 25 heavy (non-hydrogen) atoms. The SMILES string of the molecule is CCC(C)(C)n1nnnc1C(c1ccc(F)cc1)N1CCC(C)CC1. The van der Waals surface area contributed by atoms with E-state index in [1.165, 1.54) is 12.1 Å². The summed E-state index contributed by atoms with van der Waals surface area (Å²) in [6, 6.07) is 6.71. The first-order valence-corrected chi connectivity index (χ1v) is 9.20. The van der Waals surface area contributed by atoms with Crippen molar-refractivity contribution >= 4 is 0 Å². The van der Waals surface area contributed by atoms with Gasteiger partial charge in [-0.05, 0) is 80.2 Å². The number of rotatable bonds is 5. The van der Waals surface area contributed by atoms with Gasteiger partial charge in [-0.25, -0.2) is 9.07 Å². The highest BCUT2D eigenvalue weighted by molar-refractivity contribution is 5.26. The Morgan fingerprint density at radius 2 is 1.84 bits per heavy atom. The van der Waals surface area contributed by atoms with Crippen molar-refractivity contribution in [3.05, 3.63) is 41.5 Å². The number of hydrogen-bond donors (Lipinski definition) is 0. The number of aromatic nitrogens is 4. The zero-order valence-electron chi connectivity index (χ0n) is 15.6. The maximum Gasteiger partial charge on any atom is 0.173 e. The molecule has 5 nitrogen and oxygen atoms in total. The molecule has 0 aliphatic carbocycles. The predicted molar refractivity (Wildman–Crippen MR) is 95.6 cm³/mol. The van der Waals surface area contributed by atoms with Crippen LogP contribution in [0.15, 0.2) is 24.3 Å². The van der Waals surface area contributed by atoms with E-state index in [0.717, 1.165) is 49.7 Å². The summed E-state index contributed by atoms with van der Waals surface area (Å²) in [5.74, 6) is 1.37. The molecule has 136 valence electrons. The van der Waals surface area contributed by atoms with Crippen LogP contribution in [0.3, 0.4) is 0 Å². The van der Waals surface area contributed by atoms with Gasteiger partial charge < -0.3 is 0 Å². The number of nitrogens with zero attached hydrogens (tertiary/aromatic N) is 5. The standard InChI is InChI=1S/C19H28FN5/c1-5-19(3,4)25-18(21-22-23-25)17(15-6-8-16(20)9-7-15)24-12-10-14(2)11-13-24/h6-9,14,17H,5,10-13H2,1-4H3. The zero-order chi connectivity index (χ0) is 18.0. The van der Waals surface area contributed by atoms with Gasteiger partial charge in [0.15, 0.2) is 5.82 Å². The molecule has 1 aromatic heterocycles. The fourth-order valence-corrected chi connectivity index (χ4v) is 3.40. The van der Waals surface area contributed by atoms with Crippen molar-refractivity contribution in [2.45, 2.75) is 58.5 Å². The molecule has 2 heterocycles. The molecule has 0 radical (unpaired) electrons. The first kappa shape index (κ1) is 18.0. The van der Waals surface area contributed by atoms with Crippen molar-refractivity contribution in [3.63, 3.8) is 0 Å². The molecular formula is C19H28FN5. The summed E-state index contributed by atoms with van der Waals surface area (Å²) in [7, 11) is 0. The van der Waals surface area contributed by atoms with E-state index < -0.39 is 0 Å². The normalized spacial score (nSPS) is 18.4. The van der Waals surface area contributed by atoms with Gasteiger partial charge in [-0.15, -0.1) is 5.10 Å². The van der Waals surface area contributed by atoms with E-state index in [-0.39, 0.29) is 17.4 Å². The fraction of sp³-hybridized carbons (Fsp3) is 0.632. The van der Waals surface area contributed by atoms with Crippen molar-refractivity contribution in [1.29, 1.82) is 0 Å². The molecule has 2 aromatic rings. The lowest BCUT2D eigenvalue weighted by Crippen LogP contribution is -2.40. The Balaban J connectivity index is 2.03. The molecule has 1 atom stereocenters. The minimum atomic E-state index is -0.219. The minimum Gasteiger partial charge on any atom is -0.290 e. The number of hydrogen-bond acceptors (Lipinski definition) is 4. The van der Waals surface area contributed by atoms with Crippen LogP contribution in [0.1, 0.15) is 64.4 Å². The summed E-state index contributed by atoms with van der Waals surface area (Å²) >= 11 is 0. The summed E-state index contributed by atoms with van der Waals surface area (Å²) in [6.45, 7) is 10.7. The van der Waals surface area contributed by atoms with E-state index >= 15 is 0 Å². The van der Waals surface area contributed by atoms with Crippen LogP contribution in [0.25, 0.3) is 0 Å². The molecule has 1 aliphatic heterocycles. The summed E-state index contributed by atoms with van der Waals surface area (Å²) in [5, 5.41) is 12.6. The number of benzene rings is 1. The van der Waals surface area contributed by atoms with Crippen molar-refractivity contribution in [2.24, 2.45) is 5.92 Å². The van der Waals surface area contributed by atoms with Crippen LogP contribution in [0, 0.1) is 11.7 Å². The van der Waals surface area contributed by atoms with Gasteiger partial charge in [-0.2, -0.15) is 0 Å². The van der Waals surface area contributed by atoms with Gasteiger partial charge in [0.25, 0.3) is 0 Å². The molecule has 3 rings (SSSR count). The van der Waals surface area contributed by atoms with Gasteiger partial charge in [0.1, 0.15) is 5.82 Å². The van der Waals surface area contributed by atoms with Gasteiger partial charge in [-0.3, -0.25) is 4.90 Å². The zero-order valence-corrected chi connectivity index (χ0v) is 15.6. The third-order valence-corrected chi connectivity index (χ3v) is 5.55. The Morgan fingerprint density at radius 3 is 2.44 bits per heavy atom. The van der Waals surface area contributed by atoms with Crippen LogP contribution in [0.4, 0.5) is 4.39 Å². The summed E-state index contributed by atoms with van der Waals surface area (Å²) in [4.78, 5) is 2.43. The second-order valence-electron chi connectivity index (χ2n) is 7.79. The fourth-order valence-electron chi connectivity index (χ4n) is 3.40. The maximum absolute atomic E-state index is 13.5. The van der Waals surface area contributed by atoms with E-state index in [0.29, 0.717) is 0 Å². The Labute approximate surface area is 149 Å². The smallest absolute Gasteiger partial charge is 0.173 e. The average molecular weight is 345 g/mol. The lowest BCUT2D eigenvalue weighted by molar-refractivity contribution is 0.143. The van der Waals surface area contributed by atoms with E-state index in [1.54, 1.807) is 0 Å². The molecule has 1 saturated heterocycles. The van der Waals surface area contributed by atoms with E-state index in [2.05, 4.69) is 48.1 Å². The van der Waals surface area contributed by atoms with E-state index in [1.807, 2.05) is 16.8 Å². The highest BCUT2D eigenvalue weighted by Gasteiger charge is 2.33. The molecule has 0 N–H and O–H groups in total. The molecule has 0 saturated carbocycles. The summed E-state index contributed by atoms with van der Waals surface area (Å²) < 4.78 is 15.4. The van der Waals surface area contributed by atoms with Crippen LogP contribution in [-0.4, -0.2) is 38.2 Å². The third-order valence-electron chi connectivity index (χ3n) is 5.55. The van der Waals surface area contributed by atoms with Crippen LogP contribution in [0.2, 0.25) is 0 Å². The van der Waals surface area contributed by atoms with Gasteiger partial charge in [0, 0.05) is 0 Å². The Kier molecular flexibility index (Phi) is 5.18. The van der Waals surface area contributed by atoms with E-state index in [4.69, 9.17) is 0 Å². The van der Waals surface area contributed by atoms with Crippen molar-refractivity contribution in [3.8, 4) is 0 Å². The van der Waals surface area contributed by atoms with Crippen LogP contribution >= 0.6 is 0 Å². The largest absolute Gasteiger partial charge is 0.290 e. The second-order valence-corrected chi connectivity index (χ2v) is 7.79. The van der Waals surface area contributed by atoms with Crippen LogP contribution < -0.4 is 0 Å². The van der Waals surface area contributed by atoms with Crippen molar-refractivity contribution in [1.82, 2.24) is 25.1 Å². The Bertz CT molecular complexity index is 686. The van der Waals surface area contributed by atoms with E-state index in [9.17, 15) is 4.39 Å². The summed E-state index contributed by atoms with van der Waals surface area (Å²) in [5.41, 5.74) is 0.874.